The first-order chi connectivity index (χ1) is 15.3. The molecule has 2 atom stereocenters. The summed E-state index contributed by atoms with van der Waals surface area (Å²) in [6, 6.07) is 1.79. The number of anilines is 3. The van der Waals surface area contributed by atoms with Gasteiger partial charge in [0.2, 0.25) is 11.4 Å². The van der Waals surface area contributed by atoms with E-state index in [1.807, 2.05) is 19.3 Å². The molecule has 3 aromatic rings. The molecule has 2 aliphatic rings. The lowest BCUT2D eigenvalue weighted by Crippen LogP contribution is -2.32. The predicted molar refractivity (Wildman–Crippen MR) is 124 cm³/mol. The number of nitrogens with one attached hydrogen (secondary N) is 1. The highest BCUT2D eigenvalue weighted by Crippen LogP contribution is 2.37. The van der Waals surface area contributed by atoms with E-state index in [1.165, 1.54) is 6.20 Å². The van der Waals surface area contributed by atoms with Gasteiger partial charge in [-0.2, -0.15) is 0 Å². The number of aromatic carboxylic acids is 1. The van der Waals surface area contributed by atoms with E-state index in [9.17, 15) is 14.7 Å². The third-order valence-corrected chi connectivity index (χ3v) is 6.12. The van der Waals surface area contributed by atoms with Crippen LogP contribution in [0.5, 0.6) is 5.75 Å². The number of rotatable bonds is 4. The zero-order valence-corrected chi connectivity index (χ0v) is 17.8. The van der Waals surface area contributed by atoms with Gasteiger partial charge in [0.25, 0.3) is 0 Å². The highest BCUT2D eigenvalue weighted by Gasteiger charge is 2.30. The minimum Gasteiger partial charge on any atom is -0.487 e. The van der Waals surface area contributed by atoms with Gasteiger partial charge < -0.3 is 30.4 Å². The molecular weight excluding hydrogens is 411 g/mol. The zero-order chi connectivity index (χ0) is 22.6. The van der Waals surface area contributed by atoms with Crippen molar-refractivity contribution in [1.82, 2.24) is 14.5 Å². The van der Waals surface area contributed by atoms with Crippen molar-refractivity contribution in [2.75, 3.05) is 35.6 Å². The summed E-state index contributed by atoms with van der Waals surface area (Å²) in [5, 5.41) is 13.4. The number of pyridine rings is 1. The second-order valence-corrected chi connectivity index (χ2v) is 8.43. The first-order valence-corrected chi connectivity index (χ1v) is 10.5. The number of nitrogens with two attached hydrogens (primary N) is 1. The van der Waals surface area contributed by atoms with E-state index in [2.05, 4.69) is 20.2 Å². The monoisotopic (exact) mass is 434 g/mol. The van der Waals surface area contributed by atoms with E-state index in [0.29, 0.717) is 41.4 Å². The first kappa shape index (κ1) is 20.2. The normalized spacial score (nSPS) is 19.7. The van der Waals surface area contributed by atoms with Crippen LogP contribution in [0.3, 0.4) is 0 Å². The Kier molecular flexibility index (Phi) is 4.68. The summed E-state index contributed by atoms with van der Waals surface area (Å²) in [6.07, 6.45) is 5.50. The van der Waals surface area contributed by atoms with Crippen LogP contribution in [-0.4, -0.2) is 59.2 Å². The second-order valence-electron chi connectivity index (χ2n) is 8.43. The first-order valence-electron chi connectivity index (χ1n) is 10.5. The van der Waals surface area contributed by atoms with E-state index in [1.54, 1.807) is 18.5 Å². The fraction of sp³-hybridized carbons (Fsp3) is 0.333. The molecule has 1 saturated heterocycles. The molecule has 0 aliphatic carbocycles. The Morgan fingerprint density at radius 1 is 1.38 bits per heavy atom. The van der Waals surface area contributed by atoms with Gasteiger partial charge in [0.05, 0.1) is 35.3 Å². The molecule has 0 spiro atoms. The fourth-order valence-electron chi connectivity index (χ4n) is 4.48. The molecule has 4 heterocycles. The van der Waals surface area contributed by atoms with Crippen molar-refractivity contribution in [3.63, 3.8) is 0 Å². The number of nitrogen functional groups attached to an aromatic ring is 1. The minimum atomic E-state index is -1.23. The van der Waals surface area contributed by atoms with Crippen molar-refractivity contribution in [3.8, 4) is 5.75 Å². The number of hydrogen-bond donors (Lipinski definition) is 3. The molecule has 164 valence electrons. The summed E-state index contributed by atoms with van der Waals surface area (Å²) in [6.45, 7) is 3.83. The Hall–Kier alpha value is -3.76. The molecule has 1 fully saturated rings. The van der Waals surface area contributed by atoms with Crippen LogP contribution in [-0.2, 0) is 0 Å². The molecule has 4 N–H and O–H groups in total. The Labute approximate surface area is 184 Å². The number of carboxylic acids is 1. The molecule has 5 rings (SSSR count). The number of benzene rings is 1. The van der Waals surface area contributed by atoms with Crippen LogP contribution >= 0.6 is 0 Å². The van der Waals surface area contributed by atoms with Gasteiger partial charge in [-0.25, -0.2) is 14.8 Å². The molecule has 11 heteroatoms. The topological polar surface area (TPSA) is 136 Å². The summed E-state index contributed by atoms with van der Waals surface area (Å²) in [5.74, 6) is 0.00573. The van der Waals surface area contributed by atoms with Crippen LogP contribution in [0.1, 0.15) is 29.7 Å². The number of carbonyl (C=O) groups is 1. The van der Waals surface area contributed by atoms with Gasteiger partial charge in [0, 0.05) is 30.7 Å². The second kappa shape index (κ2) is 7.43. The van der Waals surface area contributed by atoms with Crippen LogP contribution in [0.15, 0.2) is 29.5 Å². The van der Waals surface area contributed by atoms with Gasteiger partial charge in [-0.1, -0.05) is 11.5 Å². The fourth-order valence-corrected chi connectivity index (χ4v) is 4.48. The molecule has 2 aliphatic heterocycles. The van der Waals surface area contributed by atoms with Gasteiger partial charge in [0.15, 0.2) is 5.75 Å². The van der Waals surface area contributed by atoms with Crippen LogP contribution < -0.4 is 31.6 Å². The maximum absolute atomic E-state index is 12.9. The molecule has 0 radical (unpaired) electrons. The molecular formula is C21H23BN6O4. The van der Waals surface area contributed by atoms with Gasteiger partial charge in [0.1, 0.15) is 20.0 Å². The largest absolute Gasteiger partial charge is 0.487 e. The van der Waals surface area contributed by atoms with Crippen molar-refractivity contribution in [2.24, 2.45) is 0 Å². The zero-order valence-electron chi connectivity index (χ0n) is 17.8. The van der Waals surface area contributed by atoms with E-state index >= 15 is 0 Å². The lowest BCUT2D eigenvalue weighted by molar-refractivity contribution is 0.0694. The van der Waals surface area contributed by atoms with Crippen LogP contribution in [0.25, 0.3) is 10.9 Å². The van der Waals surface area contributed by atoms with Crippen molar-refractivity contribution < 1.29 is 14.6 Å². The third-order valence-electron chi connectivity index (χ3n) is 6.12. The van der Waals surface area contributed by atoms with E-state index in [-0.39, 0.29) is 17.6 Å². The van der Waals surface area contributed by atoms with Crippen LogP contribution in [0, 0.1) is 0 Å². The molecule has 0 bridgehead atoms. The maximum Gasteiger partial charge on any atom is 0.341 e. The van der Waals surface area contributed by atoms with Crippen molar-refractivity contribution >= 4 is 47.5 Å². The SMILES string of the molecule is Bc1cc2c(=O)c(C(=O)O)cn3c2c(c1NC1CCN(c2ncc(N)cn2)C1)OC[C@@H]3C. The summed E-state index contributed by atoms with van der Waals surface area (Å²) in [4.78, 5) is 35.2. The maximum atomic E-state index is 12.9. The number of aromatic nitrogens is 3. The quantitative estimate of drug-likeness (QED) is 0.484. The van der Waals surface area contributed by atoms with Gasteiger partial charge in [-0.3, -0.25) is 4.79 Å². The number of hydrogen-bond acceptors (Lipinski definition) is 8. The Morgan fingerprint density at radius 3 is 2.84 bits per heavy atom. The summed E-state index contributed by atoms with van der Waals surface area (Å²) >= 11 is 0. The number of ether oxygens (including phenoxy) is 1. The standard InChI is InChI=1S/C21H23BN6O4/c1-10-9-32-19-16(26-12-2-3-27(7-12)21-24-5-11(23)6-25-21)15(22)4-13-17(19)28(10)8-14(18(13)29)20(30)31/h4-6,8,10,12,26H,2-3,7,9,22-23H2,1H3,(H,30,31)/t10-,12?/m0/s1. The molecule has 1 aromatic carbocycles. The Morgan fingerprint density at radius 2 is 2.12 bits per heavy atom. The van der Waals surface area contributed by atoms with Gasteiger partial charge in [-0.05, 0) is 13.3 Å². The van der Waals surface area contributed by atoms with E-state index in [0.717, 1.165) is 24.1 Å². The average Bonchev–Trinajstić information content (AvgIpc) is 3.23. The molecule has 1 unspecified atom stereocenters. The Bertz CT molecular complexity index is 1290. The summed E-state index contributed by atoms with van der Waals surface area (Å²) in [7, 11) is 1.90. The molecule has 10 nitrogen and oxygen atoms in total. The van der Waals surface area contributed by atoms with Gasteiger partial charge >= 0.3 is 5.97 Å². The highest BCUT2D eigenvalue weighted by atomic mass is 16.5. The Balaban J connectivity index is 1.52. The highest BCUT2D eigenvalue weighted by molar-refractivity contribution is 6.37. The molecule has 0 saturated carbocycles. The average molecular weight is 434 g/mol. The molecule has 0 amide bonds. The van der Waals surface area contributed by atoms with Crippen molar-refractivity contribution in [2.45, 2.75) is 25.4 Å². The van der Waals surface area contributed by atoms with Crippen molar-refractivity contribution in [3.05, 3.63) is 40.4 Å². The summed E-state index contributed by atoms with van der Waals surface area (Å²) in [5.41, 5.74) is 7.77. The number of nitrogens with zero attached hydrogens (tertiary/aromatic N) is 4. The smallest absolute Gasteiger partial charge is 0.341 e. The molecule has 2 aromatic heterocycles. The minimum absolute atomic E-state index is 0.0936. The lowest BCUT2D eigenvalue weighted by atomic mass is 9.90. The molecule has 32 heavy (non-hydrogen) atoms. The van der Waals surface area contributed by atoms with E-state index < -0.39 is 11.4 Å². The third kappa shape index (κ3) is 3.20. The summed E-state index contributed by atoms with van der Waals surface area (Å²) < 4.78 is 7.93. The van der Waals surface area contributed by atoms with Crippen LogP contribution in [0.2, 0.25) is 0 Å². The lowest BCUT2D eigenvalue weighted by Gasteiger charge is -2.30. The van der Waals surface area contributed by atoms with Crippen LogP contribution in [0.4, 0.5) is 17.3 Å². The van der Waals surface area contributed by atoms with Crippen molar-refractivity contribution in [1.29, 1.82) is 0 Å². The predicted octanol–water partition coefficient (Wildman–Crippen LogP) is -0.0255. The van der Waals surface area contributed by atoms with E-state index in [4.69, 9.17) is 10.5 Å². The number of carboxylic acid groups (broad SMARTS) is 1. The van der Waals surface area contributed by atoms with Gasteiger partial charge in [-0.15, -0.1) is 0 Å².